The number of halogens is 1. The van der Waals surface area contributed by atoms with Gasteiger partial charge in [-0.05, 0) is 55.8 Å². The molecule has 3 aromatic rings. The van der Waals surface area contributed by atoms with Crippen molar-refractivity contribution < 1.29 is 18.3 Å². The van der Waals surface area contributed by atoms with Crippen LogP contribution in [-0.2, 0) is 10.0 Å². The second kappa shape index (κ2) is 6.80. The molecule has 1 aromatic heterocycles. The molecule has 1 heterocycles. The smallest absolute Gasteiger partial charge is 0.337 e. The maximum absolute atomic E-state index is 11.4. The summed E-state index contributed by atoms with van der Waals surface area (Å²) >= 11 is 5.95. The SMILES string of the molecule is Cc1nn(-c2ccc(S(N)(=O)=O)cc2)c(C)c1-c1ccc(Cl)c(C(=O)O)c1. The second-order valence-electron chi connectivity index (χ2n) is 6.00. The van der Waals surface area contributed by atoms with Gasteiger partial charge in [-0.3, -0.25) is 0 Å². The maximum atomic E-state index is 11.4. The molecule has 3 rings (SSSR count). The van der Waals surface area contributed by atoms with Gasteiger partial charge in [0.15, 0.2) is 0 Å². The van der Waals surface area contributed by atoms with Gasteiger partial charge in [-0.15, -0.1) is 0 Å². The lowest BCUT2D eigenvalue weighted by molar-refractivity contribution is 0.0697. The van der Waals surface area contributed by atoms with Gasteiger partial charge in [-0.1, -0.05) is 17.7 Å². The third-order valence-electron chi connectivity index (χ3n) is 4.19. The molecule has 0 atom stereocenters. The van der Waals surface area contributed by atoms with Crippen molar-refractivity contribution in [3.05, 3.63) is 64.4 Å². The molecule has 0 fully saturated rings. The van der Waals surface area contributed by atoms with Gasteiger partial charge in [0.2, 0.25) is 10.0 Å². The number of aromatic carboxylic acids is 1. The number of rotatable bonds is 4. The Labute approximate surface area is 161 Å². The van der Waals surface area contributed by atoms with Crippen molar-refractivity contribution >= 4 is 27.6 Å². The zero-order valence-corrected chi connectivity index (χ0v) is 16.0. The first-order valence-electron chi connectivity index (χ1n) is 7.82. The molecular weight excluding hydrogens is 390 g/mol. The normalized spacial score (nSPS) is 11.6. The fourth-order valence-corrected chi connectivity index (χ4v) is 3.65. The molecule has 140 valence electrons. The van der Waals surface area contributed by atoms with Gasteiger partial charge in [-0.2, -0.15) is 5.10 Å². The van der Waals surface area contributed by atoms with Crippen molar-refractivity contribution in [3.8, 4) is 16.8 Å². The molecule has 9 heteroatoms. The third kappa shape index (κ3) is 3.59. The zero-order valence-electron chi connectivity index (χ0n) is 14.5. The number of aromatic nitrogens is 2. The molecule has 0 saturated heterocycles. The Hall–Kier alpha value is -2.68. The van der Waals surface area contributed by atoms with Crippen molar-refractivity contribution in [1.82, 2.24) is 9.78 Å². The van der Waals surface area contributed by atoms with Gasteiger partial charge >= 0.3 is 5.97 Å². The summed E-state index contributed by atoms with van der Waals surface area (Å²) in [6.07, 6.45) is 0. The van der Waals surface area contributed by atoms with Gasteiger partial charge < -0.3 is 5.11 Å². The first-order valence-corrected chi connectivity index (χ1v) is 9.74. The quantitative estimate of drug-likeness (QED) is 0.691. The maximum Gasteiger partial charge on any atom is 0.337 e. The van der Waals surface area contributed by atoms with E-state index in [4.69, 9.17) is 16.7 Å². The van der Waals surface area contributed by atoms with Crippen LogP contribution in [0.5, 0.6) is 0 Å². The van der Waals surface area contributed by atoms with E-state index in [9.17, 15) is 18.3 Å². The number of carboxylic acids is 1. The Morgan fingerprint density at radius 3 is 2.33 bits per heavy atom. The molecule has 0 saturated carbocycles. The van der Waals surface area contributed by atoms with Crippen LogP contribution in [0.15, 0.2) is 47.4 Å². The lowest BCUT2D eigenvalue weighted by Gasteiger charge is -2.08. The molecule has 0 amide bonds. The number of primary sulfonamides is 1. The summed E-state index contributed by atoms with van der Waals surface area (Å²) in [4.78, 5) is 11.4. The average Bonchev–Trinajstić information content (AvgIpc) is 2.89. The number of sulfonamides is 1. The van der Waals surface area contributed by atoms with E-state index in [2.05, 4.69) is 5.10 Å². The van der Waals surface area contributed by atoms with Gasteiger partial charge in [0.05, 0.1) is 26.9 Å². The minimum Gasteiger partial charge on any atom is -0.478 e. The Kier molecular flexibility index (Phi) is 4.81. The largest absolute Gasteiger partial charge is 0.478 e. The van der Waals surface area contributed by atoms with Crippen molar-refractivity contribution in [3.63, 3.8) is 0 Å². The Bertz CT molecular complexity index is 1150. The average molecular weight is 406 g/mol. The van der Waals surface area contributed by atoms with Crippen molar-refractivity contribution in [1.29, 1.82) is 0 Å². The highest BCUT2D eigenvalue weighted by Gasteiger charge is 2.18. The summed E-state index contributed by atoms with van der Waals surface area (Å²) in [5.74, 6) is -1.11. The predicted molar refractivity (Wildman–Crippen MR) is 102 cm³/mol. The highest BCUT2D eigenvalue weighted by Crippen LogP contribution is 2.31. The molecule has 0 aliphatic heterocycles. The summed E-state index contributed by atoms with van der Waals surface area (Å²) in [7, 11) is -3.77. The topological polar surface area (TPSA) is 115 Å². The first kappa shape index (κ1) is 19.1. The summed E-state index contributed by atoms with van der Waals surface area (Å²) < 4.78 is 24.5. The van der Waals surface area contributed by atoms with Crippen LogP contribution in [0.25, 0.3) is 16.8 Å². The molecule has 27 heavy (non-hydrogen) atoms. The Balaban J connectivity index is 2.11. The molecule has 2 aromatic carbocycles. The van der Waals surface area contributed by atoms with Crippen LogP contribution in [0.3, 0.4) is 0 Å². The lowest BCUT2D eigenvalue weighted by Crippen LogP contribution is -2.12. The van der Waals surface area contributed by atoms with Gasteiger partial charge in [0.25, 0.3) is 0 Å². The fourth-order valence-electron chi connectivity index (χ4n) is 2.93. The van der Waals surface area contributed by atoms with Gasteiger partial charge in [0.1, 0.15) is 0 Å². The van der Waals surface area contributed by atoms with Crippen LogP contribution in [0.2, 0.25) is 5.02 Å². The second-order valence-corrected chi connectivity index (χ2v) is 7.96. The monoisotopic (exact) mass is 405 g/mol. The van der Waals surface area contributed by atoms with E-state index in [0.717, 1.165) is 11.3 Å². The lowest BCUT2D eigenvalue weighted by atomic mass is 10.0. The molecule has 0 bridgehead atoms. The van der Waals surface area contributed by atoms with Crippen LogP contribution in [-0.4, -0.2) is 29.3 Å². The molecule has 0 unspecified atom stereocenters. The van der Waals surface area contributed by atoms with Gasteiger partial charge in [-0.25, -0.2) is 23.0 Å². The fraction of sp³-hybridized carbons (Fsp3) is 0.111. The zero-order chi connectivity index (χ0) is 19.9. The van der Waals surface area contributed by atoms with E-state index < -0.39 is 16.0 Å². The summed E-state index contributed by atoms with van der Waals surface area (Å²) in [6, 6.07) is 10.8. The molecule has 7 nitrogen and oxygen atoms in total. The van der Waals surface area contributed by atoms with Crippen LogP contribution in [0.1, 0.15) is 21.7 Å². The Morgan fingerprint density at radius 1 is 1.15 bits per heavy atom. The van der Waals surface area contributed by atoms with Crippen LogP contribution in [0.4, 0.5) is 0 Å². The van der Waals surface area contributed by atoms with Crippen LogP contribution < -0.4 is 5.14 Å². The Morgan fingerprint density at radius 2 is 1.78 bits per heavy atom. The minimum atomic E-state index is -3.77. The number of carboxylic acid groups (broad SMARTS) is 1. The van der Waals surface area contributed by atoms with Gasteiger partial charge in [0, 0.05) is 11.3 Å². The number of nitrogens with two attached hydrogens (primary N) is 1. The summed E-state index contributed by atoms with van der Waals surface area (Å²) in [6.45, 7) is 3.66. The highest BCUT2D eigenvalue weighted by molar-refractivity contribution is 7.89. The first-order chi connectivity index (χ1) is 12.6. The highest BCUT2D eigenvalue weighted by atomic mass is 35.5. The van der Waals surface area contributed by atoms with Crippen LogP contribution >= 0.6 is 11.6 Å². The third-order valence-corrected chi connectivity index (χ3v) is 5.45. The molecule has 0 aliphatic carbocycles. The van der Waals surface area contributed by atoms with Crippen molar-refractivity contribution in [2.45, 2.75) is 18.7 Å². The molecule has 0 radical (unpaired) electrons. The minimum absolute atomic E-state index is 0.0109. The number of nitrogens with zero attached hydrogens (tertiary/aromatic N) is 2. The number of hydrogen-bond acceptors (Lipinski definition) is 4. The molecule has 0 aliphatic rings. The molecular formula is C18H16ClN3O4S. The standard InChI is InChI=1S/C18H16ClN3O4S/c1-10-17(12-3-8-16(19)15(9-12)18(23)24)11(2)22(21-10)13-4-6-14(7-5-13)27(20,25)26/h3-9H,1-2H3,(H,23,24)(H2,20,25,26). The predicted octanol–water partition coefficient (Wildman–Crippen LogP) is 3.16. The summed E-state index contributed by atoms with van der Waals surface area (Å²) in [5, 5.41) is 19.1. The van der Waals surface area contributed by atoms with Crippen LogP contribution in [0, 0.1) is 13.8 Å². The number of hydrogen-bond donors (Lipinski definition) is 2. The summed E-state index contributed by atoms with van der Waals surface area (Å²) in [5.41, 5.74) is 3.60. The molecule has 3 N–H and O–H groups in total. The van der Waals surface area contributed by atoms with E-state index in [0.29, 0.717) is 16.9 Å². The number of benzene rings is 2. The van der Waals surface area contributed by atoms with E-state index in [1.165, 1.54) is 24.3 Å². The van der Waals surface area contributed by atoms with E-state index in [1.807, 2.05) is 13.8 Å². The number of carbonyl (C=O) groups is 1. The van der Waals surface area contributed by atoms with Crippen molar-refractivity contribution in [2.24, 2.45) is 5.14 Å². The van der Waals surface area contributed by atoms with E-state index in [1.54, 1.807) is 22.9 Å². The van der Waals surface area contributed by atoms with Crippen molar-refractivity contribution in [2.75, 3.05) is 0 Å². The van der Waals surface area contributed by atoms with E-state index in [-0.39, 0.29) is 15.5 Å². The number of aryl methyl sites for hydroxylation is 1. The molecule has 0 spiro atoms. The van der Waals surface area contributed by atoms with E-state index >= 15 is 0 Å².